The summed E-state index contributed by atoms with van der Waals surface area (Å²) in [7, 11) is 1.60. The molecule has 28 heteroatoms. The van der Waals surface area contributed by atoms with Gasteiger partial charge in [-0.05, 0) is 82.1 Å². The van der Waals surface area contributed by atoms with Crippen molar-refractivity contribution in [1.29, 1.82) is 0 Å². The fourth-order valence-electron chi connectivity index (χ4n) is 9.20. The number of amides is 4. The number of pyridine rings is 1. The molecule has 3 fully saturated rings. The van der Waals surface area contributed by atoms with E-state index < -0.39 is 115 Å². The third-order valence-corrected chi connectivity index (χ3v) is 14.5. The Morgan fingerprint density at radius 2 is 1.35 bits per heavy atom. The Labute approximate surface area is 452 Å². The number of carbonyl (C=O) groups excluding carboxylic acids is 4. The molecule has 5 N–H and O–H groups in total. The lowest BCUT2D eigenvalue weighted by atomic mass is 9.72. The van der Waals surface area contributed by atoms with Crippen LogP contribution < -0.4 is 26.3 Å². The van der Waals surface area contributed by atoms with E-state index >= 15 is 8.78 Å². The number of hydrogen-bond acceptors (Lipinski definition) is 13. The minimum atomic E-state index is -5.23. The van der Waals surface area contributed by atoms with E-state index in [9.17, 15) is 59.4 Å². The topological polar surface area (TPSA) is 205 Å². The maximum atomic E-state index is 16.0. The third-order valence-electron chi connectivity index (χ3n) is 14.5. The summed E-state index contributed by atoms with van der Waals surface area (Å²) in [6, 6.07) is 5.78. The van der Waals surface area contributed by atoms with Gasteiger partial charge in [0.2, 0.25) is 5.91 Å². The van der Waals surface area contributed by atoms with E-state index in [1.807, 2.05) is 22.9 Å². The van der Waals surface area contributed by atoms with Gasteiger partial charge in [0.15, 0.2) is 0 Å². The van der Waals surface area contributed by atoms with Crippen molar-refractivity contribution in [3.63, 3.8) is 0 Å². The van der Waals surface area contributed by atoms with E-state index in [0.29, 0.717) is 62.0 Å². The van der Waals surface area contributed by atoms with Gasteiger partial charge in [-0.2, -0.15) is 40.2 Å². The quantitative estimate of drug-likeness (QED) is 0.0411. The lowest BCUT2D eigenvalue weighted by Crippen LogP contribution is -2.75. The molecule has 4 amide bonds. The SMILES string of the molecule is COC(=O)NC(C(=O)N[C@@H](Cc1ccc(C#Cc2ccc(N3CC4(C3)CN(C3COC3)C4)nc2)cc1)[C@@H](O)CN(Cc1c(F)cc(-c2ccn(C(F)F)n2)cc1F)NC(=O)[C@@H](NC(=O)OC)C(C)(C)C(F)(F)F)C(C)(C)C(F)(F)F. The summed E-state index contributed by atoms with van der Waals surface area (Å²) in [5.74, 6) is 0.735. The zero-order chi connectivity index (χ0) is 58.7. The Morgan fingerprint density at radius 1 is 0.800 bits per heavy atom. The van der Waals surface area contributed by atoms with Crippen LogP contribution in [0.2, 0.25) is 0 Å². The van der Waals surface area contributed by atoms with Gasteiger partial charge in [0.1, 0.15) is 29.5 Å². The zero-order valence-corrected chi connectivity index (χ0v) is 43.9. The molecule has 0 radical (unpaired) electrons. The number of nitrogens with one attached hydrogen (secondary N) is 4. The Hall–Kier alpha value is -7.22. The molecule has 4 atom stereocenters. The maximum absolute atomic E-state index is 16.0. The number of aliphatic hydroxyl groups excluding tert-OH is 1. The van der Waals surface area contributed by atoms with E-state index in [0.717, 1.165) is 71.7 Å². The van der Waals surface area contributed by atoms with Crippen LogP contribution in [0, 0.1) is 39.7 Å². The summed E-state index contributed by atoms with van der Waals surface area (Å²) in [6.07, 6.45) is -13.6. The number of methoxy groups -OCH3 is 2. The highest BCUT2D eigenvalue weighted by molar-refractivity contribution is 5.87. The van der Waals surface area contributed by atoms with Gasteiger partial charge >= 0.3 is 31.1 Å². The van der Waals surface area contributed by atoms with E-state index in [1.165, 1.54) is 24.3 Å². The lowest BCUT2D eigenvalue weighted by molar-refractivity contribution is -0.221. The van der Waals surface area contributed by atoms with Gasteiger partial charge in [0, 0.05) is 79.3 Å². The van der Waals surface area contributed by atoms with Crippen molar-refractivity contribution in [2.75, 3.05) is 65.1 Å². The number of hydrazine groups is 1. The number of aromatic nitrogens is 3. The van der Waals surface area contributed by atoms with Gasteiger partial charge in [-0.3, -0.25) is 19.9 Å². The largest absolute Gasteiger partial charge is 0.453 e. The number of hydrogen-bond donors (Lipinski definition) is 5. The molecular weight excluding hydrogens is 1080 g/mol. The van der Waals surface area contributed by atoms with Crippen molar-refractivity contribution in [3.05, 3.63) is 101 Å². The predicted octanol–water partition coefficient (Wildman–Crippen LogP) is 6.09. The van der Waals surface area contributed by atoms with Crippen molar-refractivity contribution >= 4 is 29.8 Å². The van der Waals surface area contributed by atoms with Crippen LogP contribution >= 0.6 is 0 Å². The van der Waals surface area contributed by atoms with Crippen LogP contribution in [0.5, 0.6) is 0 Å². The van der Waals surface area contributed by atoms with Gasteiger partial charge in [-0.1, -0.05) is 24.0 Å². The molecule has 0 saturated carbocycles. The number of carbonyl (C=O) groups is 4. The highest BCUT2D eigenvalue weighted by Crippen LogP contribution is 2.44. The summed E-state index contributed by atoms with van der Waals surface area (Å²) in [5, 5.41) is 22.0. The van der Waals surface area contributed by atoms with Crippen LogP contribution in [0.1, 0.15) is 56.5 Å². The maximum Gasteiger partial charge on any atom is 0.407 e. The molecule has 3 saturated heterocycles. The molecule has 1 spiro atoms. The number of likely N-dealkylation sites (tertiary alicyclic amines) is 1. The average Bonchev–Trinajstić information content (AvgIpc) is 3.86. The van der Waals surface area contributed by atoms with Gasteiger partial charge in [0.05, 0.1) is 62.1 Å². The molecule has 2 aromatic heterocycles. The molecule has 1 unspecified atom stereocenters. The average molecular weight is 1140 g/mol. The minimum Gasteiger partial charge on any atom is -0.453 e. The van der Waals surface area contributed by atoms with Crippen molar-refractivity contribution in [1.82, 2.24) is 46.0 Å². The molecule has 18 nitrogen and oxygen atoms in total. The number of alkyl carbamates (subject to hydrolysis) is 2. The standard InChI is InChI=1S/C52H58F10N10O8/c1-48(2,51(57,58)59)41(65-46(76)78-5)43(74)64-38(17-30-10-7-29(8-11-30)9-12-31-13-14-40(63-20-31)70-27-50(28-70)25-69(26-50)33-23-80-24-33)39(73)22-71(68-44(75)42(66-47(77)79-6)49(3,4)52(60,61)62)21-34-35(53)18-32(19-36(34)54)37-15-16-72(67-37)45(55)56/h7-8,10-11,13-16,18-20,33,38-39,41-42,45,73H,17,21-28H2,1-6H3,(H,64,74)(H,65,76)(H,66,77)(H,68,75)/t38-,39-,41?,42+/m0/s1. The van der Waals surface area contributed by atoms with E-state index in [-0.39, 0.29) is 26.9 Å². The second-order valence-corrected chi connectivity index (χ2v) is 21.0. The van der Waals surface area contributed by atoms with Crippen LogP contribution in [0.3, 0.4) is 0 Å². The first-order chi connectivity index (χ1) is 37.4. The van der Waals surface area contributed by atoms with Crippen molar-refractivity contribution < 1.29 is 82.4 Å². The Balaban J connectivity index is 1.17. The Morgan fingerprint density at radius 3 is 1.84 bits per heavy atom. The monoisotopic (exact) mass is 1140 g/mol. The fraction of sp³-hybridized carbons (Fsp3) is 0.500. The third kappa shape index (κ3) is 13.7. The number of rotatable bonds is 19. The van der Waals surface area contributed by atoms with E-state index in [1.54, 1.807) is 11.5 Å². The summed E-state index contributed by atoms with van der Waals surface area (Å²) in [4.78, 5) is 62.0. The summed E-state index contributed by atoms with van der Waals surface area (Å²) in [6.45, 7) is 2.21. The molecule has 80 heavy (non-hydrogen) atoms. The summed E-state index contributed by atoms with van der Waals surface area (Å²) in [5.41, 5.74) is -4.17. The highest BCUT2D eigenvalue weighted by atomic mass is 19.4. The van der Waals surface area contributed by atoms with Gasteiger partial charge < -0.3 is 40.2 Å². The predicted molar refractivity (Wildman–Crippen MR) is 265 cm³/mol. The van der Waals surface area contributed by atoms with Crippen LogP contribution in [0.4, 0.5) is 59.3 Å². The molecule has 0 aliphatic carbocycles. The van der Waals surface area contributed by atoms with E-state index in [2.05, 4.69) is 46.5 Å². The molecule has 3 aliphatic heterocycles. The zero-order valence-electron chi connectivity index (χ0n) is 43.9. The second kappa shape index (κ2) is 23.9. The number of ether oxygens (including phenoxy) is 3. The first-order valence-corrected chi connectivity index (χ1v) is 24.8. The number of aliphatic hydroxyl groups is 1. The number of halogens is 10. The summed E-state index contributed by atoms with van der Waals surface area (Å²) < 4.78 is 160. The van der Waals surface area contributed by atoms with Crippen LogP contribution in [0.25, 0.3) is 11.3 Å². The molecule has 7 rings (SSSR count). The molecule has 5 heterocycles. The minimum absolute atomic E-state index is 0.198. The second-order valence-electron chi connectivity index (χ2n) is 21.0. The van der Waals surface area contributed by atoms with Gasteiger partial charge in [-0.25, -0.2) is 33.0 Å². The lowest BCUT2D eigenvalue weighted by Gasteiger charge is -2.63. The smallest absolute Gasteiger partial charge is 0.407 e. The molecular formula is C52H58F10N10O8. The van der Waals surface area contributed by atoms with Gasteiger partial charge in [-0.15, -0.1) is 0 Å². The number of alkyl halides is 8. The number of anilines is 1. The van der Waals surface area contributed by atoms with Crippen molar-refractivity contribution in [2.45, 2.75) is 89.8 Å². The van der Waals surface area contributed by atoms with Crippen LogP contribution in [-0.2, 0) is 36.8 Å². The number of benzene rings is 2. The van der Waals surface area contributed by atoms with Gasteiger partial charge in [0.25, 0.3) is 5.91 Å². The molecule has 0 bridgehead atoms. The highest BCUT2D eigenvalue weighted by Gasteiger charge is 2.58. The van der Waals surface area contributed by atoms with Crippen LogP contribution in [0.15, 0.2) is 67.0 Å². The fourth-order valence-corrected chi connectivity index (χ4v) is 9.20. The van der Waals surface area contributed by atoms with Crippen LogP contribution in [-0.4, -0.2) is 157 Å². The van der Waals surface area contributed by atoms with E-state index in [4.69, 9.17) is 4.74 Å². The molecule has 4 aromatic rings. The number of nitrogens with zero attached hydrogens (tertiary/aromatic N) is 6. The summed E-state index contributed by atoms with van der Waals surface area (Å²) >= 11 is 0. The first-order valence-electron chi connectivity index (χ1n) is 24.8. The Kier molecular flexibility index (Phi) is 18.0. The molecule has 3 aliphatic rings. The van der Waals surface area contributed by atoms with Crippen molar-refractivity contribution in [2.24, 2.45) is 16.2 Å². The molecule has 434 valence electrons. The normalized spacial score (nSPS) is 17.2. The first kappa shape index (κ1) is 60.4. The molecule has 2 aromatic carbocycles. The van der Waals surface area contributed by atoms with Crippen molar-refractivity contribution in [3.8, 4) is 23.1 Å². The Bertz CT molecular complexity index is 2910.